The van der Waals surface area contributed by atoms with Crippen LogP contribution in [0.1, 0.15) is 29.7 Å². The second kappa shape index (κ2) is 6.33. The third kappa shape index (κ3) is 3.17. The van der Waals surface area contributed by atoms with Crippen LogP contribution in [0.15, 0.2) is 36.4 Å². The van der Waals surface area contributed by atoms with Crippen molar-refractivity contribution < 1.29 is 8.78 Å². The lowest BCUT2D eigenvalue weighted by molar-refractivity contribution is 0.504. The Balaban J connectivity index is 2.48. The van der Waals surface area contributed by atoms with E-state index in [9.17, 15) is 8.78 Å². The van der Waals surface area contributed by atoms with Crippen molar-refractivity contribution in [1.82, 2.24) is 5.32 Å². The van der Waals surface area contributed by atoms with E-state index in [4.69, 9.17) is 11.6 Å². The summed E-state index contributed by atoms with van der Waals surface area (Å²) in [5, 5.41) is 3.47. The number of rotatable bonds is 4. The molecule has 0 saturated carbocycles. The number of hydrogen-bond donors (Lipinski definition) is 1. The van der Waals surface area contributed by atoms with E-state index in [1.165, 1.54) is 0 Å². The maximum absolute atomic E-state index is 13.5. The van der Waals surface area contributed by atoms with Gasteiger partial charge in [0.25, 0.3) is 0 Å². The first-order chi connectivity index (χ1) is 9.52. The van der Waals surface area contributed by atoms with Gasteiger partial charge in [-0.05, 0) is 36.7 Å². The van der Waals surface area contributed by atoms with Crippen LogP contribution in [0.5, 0.6) is 0 Å². The van der Waals surface area contributed by atoms with Crippen LogP contribution < -0.4 is 5.32 Å². The first-order valence-corrected chi connectivity index (χ1v) is 6.85. The predicted molar refractivity (Wildman–Crippen MR) is 78.1 cm³/mol. The van der Waals surface area contributed by atoms with E-state index in [1.807, 2.05) is 38.1 Å². The van der Waals surface area contributed by atoms with Gasteiger partial charge in [0.2, 0.25) is 0 Å². The normalized spacial score (nSPS) is 12.4. The molecule has 1 unspecified atom stereocenters. The molecule has 0 amide bonds. The lowest BCUT2D eigenvalue weighted by atomic mass is 9.97. The highest BCUT2D eigenvalue weighted by molar-refractivity contribution is 6.31. The number of benzene rings is 2. The minimum absolute atomic E-state index is 0.218. The second-order valence-corrected chi connectivity index (χ2v) is 5.10. The summed E-state index contributed by atoms with van der Waals surface area (Å²) in [6.45, 7) is 4.64. The molecule has 0 spiro atoms. The Morgan fingerprint density at radius 3 is 2.30 bits per heavy atom. The van der Waals surface area contributed by atoms with Crippen molar-refractivity contribution in [3.05, 3.63) is 69.7 Å². The minimum atomic E-state index is -0.932. The van der Waals surface area contributed by atoms with Crippen molar-refractivity contribution in [1.29, 1.82) is 0 Å². The Morgan fingerprint density at radius 1 is 1.10 bits per heavy atom. The lowest BCUT2D eigenvalue weighted by Gasteiger charge is -2.20. The molecule has 1 atom stereocenters. The zero-order valence-electron chi connectivity index (χ0n) is 11.4. The summed E-state index contributed by atoms with van der Waals surface area (Å²) in [5.74, 6) is -1.82. The first kappa shape index (κ1) is 14.9. The van der Waals surface area contributed by atoms with Gasteiger partial charge in [0.05, 0.1) is 6.04 Å². The van der Waals surface area contributed by atoms with Crippen molar-refractivity contribution >= 4 is 11.6 Å². The van der Waals surface area contributed by atoms with Crippen LogP contribution in [-0.4, -0.2) is 6.54 Å². The summed E-state index contributed by atoms with van der Waals surface area (Å²) in [7, 11) is 0. The Bertz CT molecular complexity index is 596. The molecule has 20 heavy (non-hydrogen) atoms. The number of halogens is 3. The zero-order valence-corrected chi connectivity index (χ0v) is 12.1. The average Bonchev–Trinajstić information content (AvgIpc) is 2.42. The highest BCUT2D eigenvalue weighted by Crippen LogP contribution is 2.30. The van der Waals surface area contributed by atoms with E-state index in [0.29, 0.717) is 12.1 Å². The van der Waals surface area contributed by atoms with Crippen LogP contribution in [0.3, 0.4) is 0 Å². The van der Waals surface area contributed by atoms with E-state index >= 15 is 0 Å². The van der Waals surface area contributed by atoms with Gasteiger partial charge in [-0.1, -0.05) is 48.4 Å². The molecule has 0 heterocycles. The Morgan fingerprint density at radius 2 is 1.70 bits per heavy atom. The molecule has 0 aliphatic rings. The molecule has 4 heteroatoms. The SMILES string of the molecule is CCNC(c1ccc(C)cc1)c1cc(F)c(F)cc1Cl. The largest absolute Gasteiger partial charge is 0.306 e. The molecule has 0 radical (unpaired) electrons. The maximum Gasteiger partial charge on any atom is 0.160 e. The zero-order chi connectivity index (χ0) is 14.7. The molecule has 0 aromatic heterocycles. The molecule has 1 nitrogen and oxygen atoms in total. The molecule has 0 bridgehead atoms. The van der Waals surface area contributed by atoms with Gasteiger partial charge in [0, 0.05) is 5.02 Å². The van der Waals surface area contributed by atoms with Gasteiger partial charge < -0.3 is 5.32 Å². The van der Waals surface area contributed by atoms with Gasteiger partial charge in [-0.15, -0.1) is 0 Å². The van der Waals surface area contributed by atoms with Crippen LogP contribution in [-0.2, 0) is 0 Å². The molecule has 1 N–H and O–H groups in total. The monoisotopic (exact) mass is 295 g/mol. The molecule has 0 saturated heterocycles. The average molecular weight is 296 g/mol. The number of hydrogen-bond acceptors (Lipinski definition) is 1. The van der Waals surface area contributed by atoms with Gasteiger partial charge in [0.1, 0.15) is 0 Å². The van der Waals surface area contributed by atoms with E-state index in [2.05, 4.69) is 5.32 Å². The summed E-state index contributed by atoms with van der Waals surface area (Å²) in [4.78, 5) is 0. The molecule has 0 aliphatic heterocycles. The van der Waals surface area contributed by atoms with Gasteiger partial charge in [-0.2, -0.15) is 0 Å². The molecule has 0 fully saturated rings. The fourth-order valence-electron chi connectivity index (χ4n) is 2.13. The molecule has 2 aromatic carbocycles. The topological polar surface area (TPSA) is 12.0 Å². The second-order valence-electron chi connectivity index (χ2n) is 4.69. The van der Waals surface area contributed by atoms with E-state index in [1.54, 1.807) is 0 Å². The van der Waals surface area contributed by atoms with E-state index in [0.717, 1.165) is 23.3 Å². The first-order valence-electron chi connectivity index (χ1n) is 6.47. The van der Waals surface area contributed by atoms with Gasteiger partial charge >= 0.3 is 0 Å². The molecule has 0 aliphatic carbocycles. The Labute approximate surface area is 122 Å². The highest BCUT2D eigenvalue weighted by Gasteiger charge is 2.18. The molecule has 2 rings (SSSR count). The fraction of sp³-hybridized carbons (Fsp3) is 0.250. The third-order valence-electron chi connectivity index (χ3n) is 3.17. The van der Waals surface area contributed by atoms with Gasteiger partial charge in [0.15, 0.2) is 11.6 Å². The summed E-state index contributed by atoms with van der Waals surface area (Å²) in [6, 6.07) is 9.79. The van der Waals surface area contributed by atoms with Crippen LogP contribution >= 0.6 is 11.6 Å². The molecule has 2 aromatic rings. The smallest absolute Gasteiger partial charge is 0.160 e. The lowest BCUT2D eigenvalue weighted by Crippen LogP contribution is -2.22. The summed E-state index contributed by atoms with van der Waals surface area (Å²) < 4.78 is 26.7. The Hall–Kier alpha value is -1.45. The minimum Gasteiger partial charge on any atom is -0.306 e. The summed E-state index contributed by atoms with van der Waals surface area (Å²) in [6.07, 6.45) is 0. The van der Waals surface area contributed by atoms with Gasteiger partial charge in [-0.3, -0.25) is 0 Å². The van der Waals surface area contributed by atoms with Crippen molar-refractivity contribution in [2.24, 2.45) is 0 Å². The maximum atomic E-state index is 13.5. The molecular formula is C16H16ClF2N. The van der Waals surface area contributed by atoms with Crippen LogP contribution in [0, 0.1) is 18.6 Å². The van der Waals surface area contributed by atoms with Crippen molar-refractivity contribution in [2.45, 2.75) is 19.9 Å². The fourth-order valence-corrected chi connectivity index (χ4v) is 2.39. The number of aryl methyl sites for hydroxylation is 1. The number of nitrogens with one attached hydrogen (secondary N) is 1. The standard InChI is InChI=1S/C16H16ClF2N/c1-3-20-16(11-6-4-10(2)5-7-11)12-8-14(18)15(19)9-13(12)17/h4-9,16,20H,3H2,1-2H3. The van der Waals surface area contributed by atoms with Gasteiger partial charge in [-0.25, -0.2) is 8.78 Å². The summed E-state index contributed by atoms with van der Waals surface area (Å²) >= 11 is 6.07. The molecule has 106 valence electrons. The third-order valence-corrected chi connectivity index (χ3v) is 3.50. The van der Waals surface area contributed by atoms with E-state index < -0.39 is 11.6 Å². The van der Waals surface area contributed by atoms with Crippen molar-refractivity contribution in [2.75, 3.05) is 6.54 Å². The molecular weight excluding hydrogens is 280 g/mol. The van der Waals surface area contributed by atoms with Crippen LogP contribution in [0.4, 0.5) is 8.78 Å². The Kier molecular flexibility index (Phi) is 4.73. The van der Waals surface area contributed by atoms with E-state index in [-0.39, 0.29) is 11.1 Å². The van der Waals surface area contributed by atoms with Crippen molar-refractivity contribution in [3.63, 3.8) is 0 Å². The summed E-state index contributed by atoms with van der Waals surface area (Å²) in [5.41, 5.74) is 2.64. The highest BCUT2D eigenvalue weighted by atomic mass is 35.5. The van der Waals surface area contributed by atoms with Crippen LogP contribution in [0.2, 0.25) is 5.02 Å². The quantitative estimate of drug-likeness (QED) is 0.811. The van der Waals surface area contributed by atoms with Crippen LogP contribution in [0.25, 0.3) is 0 Å². The predicted octanol–water partition coefficient (Wildman–Crippen LogP) is 4.63. The van der Waals surface area contributed by atoms with Crippen molar-refractivity contribution in [3.8, 4) is 0 Å².